The smallest absolute Gasteiger partial charge is 0.227 e. The monoisotopic (exact) mass is 264 g/mol. The molecule has 0 aliphatic carbocycles. The predicted molar refractivity (Wildman–Crippen MR) is 63.7 cm³/mol. The second-order valence-corrected chi connectivity index (χ2v) is 4.00. The first-order valence-electron chi connectivity index (χ1n) is 5.35. The number of benzene rings is 2. The van der Waals surface area contributed by atoms with E-state index in [-0.39, 0.29) is 11.5 Å². The number of aromatic nitrogens is 1. The van der Waals surface area contributed by atoms with Crippen LogP contribution in [0.1, 0.15) is 0 Å². The van der Waals surface area contributed by atoms with Crippen LogP contribution in [0.15, 0.2) is 34.7 Å². The van der Waals surface area contributed by atoms with Crippen LogP contribution in [0.5, 0.6) is 0 Å². The molecular formula is C13H7F3N2O. The summed E-state index contributed by atoms with van der Waals surface area (Å²) < 4.78 is 44.5. The molecule has 2 aromatic carbocycles. The van der Waals surface area contributed by atoms with E-state index < -0.39 is 17.5 Å². The normalized spacial score (nSPS) is 11.1. The Bertz CT molecular complexity index is 760. The van der Waals surface area contributed by atoms with Crippen LogP contribution in [-0.4, -0.2) is 4.98 Å². The van der Waals surface area contributed by atoms with Gasteiger partial charge in [0.05, 0.1) is 0 Å². The zero-order valence-corrected chi connectivity index (χ0v) is 9.45. The third-order valence-corrected chi connectivity index (χ3v) is 2.64. The van der Waals surface area contributed by atoms with E-state index in [0.29, 0.717) is 16.8 Å². The highest BCUT2D eigenvalue weighted by Crippen LogP contribution is 2.27. The first-order valence-corrected chi connectivity index (χ1v) is 5.35. The standard InChI is InChI=1S/C13H7F3N2O/c14-8-3-6(4-9(15)12(8)16)13-18-10-5-7(17)1-2-11(10)19-13/h1-5H,17H2. The molecule has 3 aromatic rings. The lowest BCUT2D eigenvalue weighted by atomic mass is 10.2. The van der Waals surface area contributed by atoms with Crippen molar-refractivity contribution in [3.63, 3.8) is 0 Å². The molecule has 96 valence electrons. The summed E-state index contributed by atoms with van der Waals surface area (Å²) in [5, 5.41) is 0. The van der Waals surface area contributed by atoms with Crippen molar-refractivity contribution in [2.24, 2.45) is 0 Å². The van der Waals surface area contributed by atoms with Crippen molar-refractivity contribution in [2.45, 2.75) is 0 Å². The number of hydrogen-bond acceptors (Lipinski definition) is 3. The van der Waals surface area contributed by atoms with Gasteiger partial charge in [-0.1, -0.05) is 0 Å². The van der Waals surface area contributed by atoms with Gasteiger partial charge in [0.2, 0.25) is 5.89 Å². The second kappa shape index (κ2) is 4.01. The summed E-state index contributed by atoms with van der Waals surface area (Å²) in [4.78, 5) is 4.05. The van der Waals surface area contributed by atoms with Gasteiger partial charge in [0.15, 0.2) is 23.0 Å². The number of nitrogens with two attached hydrogens (primary N) is 1. The van der Waals surface area contributed by atoms with Gasteiger partial charge in [-0.3, -0.25) is 0 Å². The van der Waals surface area contributed by atoms with E-state index in [4.69, 9.17) is 10.2 Å². The second-order valence-electron chi connectivity index (χ2n) is 4.00. The molecule has 6 heteroatoms. The molecule has 0 saturated heterocycles. The molecule has 0 radical (unpaired) electrons. The molecule has 0 bridgehead atoms. The highest BCUT2D eigenvalue weighted by atomic mass is 19.2. The lowest BCUT2D eigenvalue weighted by molar-refractivity contribution is 0.447. The molecule has 0 atom stereocenters. The zero-order valence-electron chi connectivity index (χ0n) is 9.45. The van der Waals surface area contributed by atoms with Gasteiger partial charge in [-0.2, -0.15) is 0 Å². The van der Waals surface area contributed by atoms with Crippen LogP contribution in [-0.2, 0) is 0 Å². The highest BCUT2D eigenvalue weighted by Gasteiger charge is 2.15. The minimum atomic E-state index is -1.52. The van der Waals surface area contributed by atoms with Crippen LogP contribution in [0.4, 0.5) is 18.9 Å². The SMILES string of the molecule is Nc1ccc2oc(-c3cc(F)c(F)c(F)c3)nc2c1. The van der Waals surface area contributed by atoms with Crippen molar-refractivity contribution >= 4 is 16.8 Å². The molecular weight excluding hydrogens is 257 g/mol. The molecule has 0 spiro atoms. The Labute approximate surface area is 105 Å². The van der Waals surface area contributed by atoms with Crippen molar-refractivity contribution in [3.05, 3.63) is 47.8 Å². The molecule has 1 aromatic heterocycles. The Balaban J connectivity index is 2.19. The zero-order chi connectivity index (χ0) is 13.6. The largest absolute Gasteiger partial charge is 0.436 e. The summed E-state index contributed by atoms with van der Waals surface area (Å²) in [7, 11) is 0. The van der Waals surface area contributed by atoms with E-state index in [1.54, 1.807) is 18.2 Å². The number of nitrogens with zero attached hydrogens (tertiary/aromatic N) is 1. The van der Waals surface area contributed by atoms with Gasteiger partial charge >= 0.3 is 0 Å². The molecule has 0 amide bonds. The van der Waals surface area contributed by atoms with Crippen molar-refractivity contribution in [2.75, 3.05) is 5.73 Å². The van der Waals surface area contributed by atoms with Gasteiger partial charge in [0.1, 0.15) is 5.52 Å². The van der Waals surface area contributed by atoms with Crippen LogP contribution in [0.2, 0.25) is 0 Å². The maximum absolute atomic E-state index is 13.1. The summed E-state index contributed by atoms with van der Waals surface area (Å²) in [6, 6.07) is 6.43. The van der Waals surface area contributed by atoms with Gasteiger partial charge in [-0.15, -0.1) is 0 Å². The van der Waals surface area contributed by atoms with E-state index >= 15 is 0 Å². The minimum Gasteiger partial charge on any atom is -0.436 e. The topological polar surface area (TPSA) is 52.0 Å². The molecule has 1 heterocycles. The highest BCUT2D eigenvalue weighted by molar-refractivity contribution is 5.79. The Morgan fingerprint density at radius 2 is 1.68 bits per heavy atom. The Kier molecular flexibility index (Phi) is 2.45. The number of hydrogen-bond donors (Lipinski definition) is 1. The van der Waals surface area contributed by atoms with Crippen LogP contribution >= 0.6 is 0 Å². The summed E-state index contributed by atoms with van der Waals surface area (Å²) in [5.74, 6) is -4.11. The summed E-state index contributed by atoms with van der Waals surface area (Å²) in [6.45, 7) is 0. The van der Waals surface area contributed by atoms with E-state index in [1.807, 2.05) is 0 Å². The summed E-state index contributed by atoms with van der Waals surface area (Å²) >= 11 is 0. The van der Waals surface area contributed by atoms with Crippen LogP contribution in [0.3, 0.4) is 0 Å². The lowest BCUT2D eigenvalue weighted by Crippen LogP contribution is -1.91. The maximum atomic E-state index is 13.1. The molecule has 0 aliphatic rings. The third kappa shape index (κ3) is 1.91. The Hall–Kier alpha value is -2.50. The number of anilines is 1. The molecule has 0 aliphatic heterocycles. The average molecular weight is 264 g/mol. The minimum absolute atomic E-state index is 0.00148. The number of halogens is 3. The van der Waals surface area contributed by atoms with Gasteiger partial charge in [0.25, 0.3) is 0 Å². The number of nitrogen functional groups attached to an aromatic ring is 1. The molecule has 0 saturated carbocycles. The van der Waals surface area contributed by atoms with Gasteiger partial charge in [0, 0.05) is 11.3 Å². The summed E-state index contributed by atoms with van der Waals surface area (Å²) in [6.07, 6.45) is 0. The van der Waals surface area contributed by atoms with E-state index in [1.165, 1.54) is 0 Å². The van der Waals surface area contributed by atoms with Crippen LogP contribution < -0.4 is 5.73 Å². The van der Waals surface area contributed by atoms with Gasteiger partial charge in [-0.25, -0.2) is 18.2 Å². The van der Waals surface area contributed by atoms with Crippen molar-refractivity contribution < 1.29 is 17.6 Å². The molecule has 2 N–H and O–H groups in total. The molecule has 0 unspecified atom stereocenters. The first kappa shape index (κ1) is 11.6. The van der Waals surface area contributed by atoms with Crippen molar-refractivity contribution in [1.29, 1.82) is 0 Å². The predicted octanol–water partition coefficient (Wildman–Crippen LogP) is 3.49. The Morgan fingerprint density at radius 3 is 2.37 bits per heavy atom. The average Bonchev–Trinajstić information content (AvgIpc) is 2.78. The van der Waals surface area contributed by atoms with Crippen LogP contribution in [0.25, 0.3) is 22.6 Å². The van der Waals surface area contributed by atoms with Crippen molar-refractivity contribution in [1.82, 2.24) is 4.98 Å². The van der Waals surface area contributed by atoms with E-state index in [9.17, 15) is 13.2 Å². The third-order valence-electron chi connectivity index (χ3n) is 2.64. The molecule has 0 fully saturated rings. The van der Waals surface area contributed by atoms with Crippen LogP contribution in [0, 0.1) is 17.5 Å². The fourth-order valence-corrected chi connectivity index (χ4v) is 1.75. The number of oxazole rings is 1. The van der Waals surface area contributed by atoms with E-state index in [0.717, 1.165) is 12.1 Å². The number of rotatable bonds is 1. The quantitative estimate of drug-likeness (QED) is 0.540. The maximum Gasteiger partial charge on any atom is 0.227 e. The first-order chi connectivity index (χ1) is 9.04. The van der Waals surface area contributed by atoms with E-state index in [2.05, 4.69) is 4.98 Å². The van der Waals surface area contributed by atoms with Gasteiger partial charge < -0.3 is 10.2 Å². The van der Waals surface area contributed by atoms with Crippen molar-refractivity contribution in [3.8, 4) is 11.5 Å². The fraction of sp³-hybridized carbons (Fsp3) is 0. The Morgan fingerprint density at radius 1 is 1.00 bits per heavy atom. The fourth-order valence-electron chi connectivity index (χ4n) is 1.75. The molecule has 3 rings (SSSR count). The number of fused-ring (bicyclic) bond motifs is 1. The summed E-state index contributed by atoms with van der Waals surface area (Å²) in [5.41, 5.74) is 6.98. The molecule has 3 nitrogen and oxygen atoms in total. The van der Waals surface area contributed by atoms with Gasteiger partial charge in [-0.05, 0) is 30.3 Å². The lowest BCUT2D eigenvalue weighted by Gasteiger charge is -1.98. The molecule has 19 heavy (non-hydrogen) atoms.